The lowest BCUT2D eigenvalue weighted by Crippen LogP contribution is -2.11. The van der Waals surface area contributed by atoms with Gasteiger partial charge in [-0.3, -0.25) is 0 Å². The van der Waals surface area contributed by atoms with Crippen LogP contribution in [-0.4, -0.2) is 13.2 Å². The molecular weight excluding hydrogens is 222 g/mol. The van der Waals surface area contributed by atoms with Crippen LogP contribution in [0.5, 0.6) is 5.75 Å². The van der Waals surface area contributed by atoms with E-state index < -0.39 is 0 Å². The standard InChI is InChI=1S/C13H18ClNO/c1-2-15-8-11-5-6-13(12(14)7-11)16-9-10-3-4-10/h5-7,10,15H,2-4,8-9H2,1H3. The van der Waals surface area contributed by atoms with Gasteiger partial charge in [0.15, 0.2) is 0 Å². The van der Waals surface area contributed by atoms with Crippen LogP contribution in [-0.2, 0) is 6.54 Å². The molecule has 1 fully saturated rings. The summed E-state index contributed by atoms with van der Waals surface area (Å²) in [5.74, 6) is 1.58. The van der Waals surface area contributed by atoms with Crippen molar-refractivity contribution >= 4 is 11.6 Å². The van der Waals surface area contributed by atoms with Gasteiger partial charge in [0.2, 0.25) is 0 Å². The van der Waals surface area contributed by atoms with E-state index in [9.17, 15) is 0 Å². The van der Waals surface area contributed by atoms with Crippen LogP contribution in [0.15, 0.2) is 18.2 Å². The van der Waals surface area contributed by atoms with Gasteiger partial charge in [-0.15, -0.1) is 0 Å². The molecule has 88 valence electrons. The van der Waals surface area contributed by atoms with Crippen molar-refractivity contribution in [1.29, 1.82) is 0 Å². The minimum Gasteiger partial charge on any atom is -0.492 e. The number of halogens is 1. The first-order valence-electron chi connectivity index (χ1n) is 5.91. The summed E-state index contributed by atoms with van der Waals surface area (Å²) in [6.45, 7) is 4.73. The lowest BCUT2D eigenvalue weighted by Gasteiger charge is -2.09. The van der Waals surface area contributed by atoms with Crippen molar-refractivity contribution in [2.45, 2.75) is 26.3 Å². The fourth-order valence-corrected chi connectivity index (χ4v) is 1.79. The van der Waals surface area contributed by atoms with Crippen LogP contribution in [0.1, 0.15) is 25.3 Å². The molecule has 3 heteroatoms. The maximum absolute atomic E-state index is 6.16. The molecule has 0 saturated heterocycles. The van der Waals surface area contributed by atoms with E-state index in [0.29, 0.717) is 0 Å². The molecule has 0 unspecified atom stereocenters. The summed E-state index contributed by atoms with van der Waals surface area (Å²) in [7, 11) is 0. The maximum Gasteiger partial charge on any atom is 0.137 e. The fourth-order valence-electron chi connectivity index (χ4n) is 1.53. The molecule has 0 aliphatic heterocycles. The zero-order chi connectivity index (χ0) is 11.4. The Hall–Kier alpha value is -0.730. The number of nitrogens with one attached hydrogen (secondary N) is 1. The number of ether oxygens (including phenoxy) is 1. The Morgan fingerprint density at radius 3 is 2.88 bits per heavy atom. The number of rotatable bonds is 6. The number of hydrogen-bond acceptors (Lipinski definition) is 2. The van der Waals surface area contributed by atoms with E-state index in [-0.39, 0.29) is 0 Å². The van der Waals surface area contributed by atoms with Gasteiger partial charge in [0, 0.05) is 6.54 Å². The minimum atomic E-state index is 0.719. The van der Waals surface area contributed by atoms with Crippen LogP contribution >= 0.6 is 11.6 Å². The highest BCUT2D eigenvalue weighted by Gasteiger charge is 2.22. The molecule has 0 bridgehead atoms. The van der Waals surface area contributed by atoms with E-state index in [4.69, 9.17) is 16.3 Å². The van der Waals surface area contributed by atoms with Crippen LogP contribution in [0.4, 0.5) is 0 Å². The summed E-state index contributed by atoms with van der Waals surface area (Å²) >= 11 is 6.16. The van der Waals surface area contributed by atoms with E-state index in [0.717, 1.165) is 36.4 Å². The molecule has 1 saturated carbocycles. The van der Waals surface area contributed by atoms with Crippen molar-refractivity contribution in [3.8, 4) is 5.75 Å². The van der Waals surface area contributed by atoms with Crippen LogP contribution < -0.4 is 10.1 Å². The SMILES string of the molecule is CCNCc1ccc(OCC2CC2)c(Cl)c1. The highest BCUT2D eigenvalue weighted by atomic mass is 35.5. The van der Waals surface area contributed by atoms with Gasteiger partial charge in [-0.2, -0.15) is 0 Å². The average Bonchev–Trinajstić information content (AvgIpc) is 3.09. The number of hydrogen-bond donors (Lipinski definition) is 1. The number of benzene rings is 1. The van der Waals surface area contributed by atoms with Gasteiger partial charge in [0.05, 0.1) is 11.6 Å². The summed E-state index contributed by atoms with van der Waals surface area (Å²) in [4.78, 5) is 0. The zero-order valence-corrected chi connectivity index (χ0v) is 10.4. The van der Waals surface area contributed by atoms with Crippen molar-refractivity contribution < 1.29 is 4.74 Å². The highest BCUT2D eigenvalue weighted by molar-refractivity contribution is 6.32. The monoisotopic (exact) mass is 239 g/mol. The second kappa shape index (κ2) is 5.55. The molecule has 1 N–H and O–H groups in total. The first-order valence-corrected chi connectivity index (χ1v) is 6.29. The molecule has 2 rings (SSSR count). The Morgan fingerprint density at radius 1 is 1.44 bits per heavy atom. The molecule has 16 heavy (non-hydrogen) atoms. The summed E-state index contributed by atoms with van der Waals surface area (Å²) in [5.41, 5.74) is 1.20. The second-order valence-corrected chi connectivity index (χ2v) is 4.71. The van der Waals surface area contributed by atoms with Crippen molar-refractivity contribution in [2.24, 2.45) is 5.92 Å². The van der Waals surface area contributed by atoms with Gasteiger partial charge < -0.3 is 10.1 Å². The normalized spacial score (nSPS) is 15.1. The van der Waals surface area contributed by atoms with Crippen molar-refractivity contribution in [1.82, 2.24) is 5.32 Å². The van der Waals surface area contributed by atoms with Gasteiger partial charge in [-0.25, -0.2) is 0 Å². The molecule has 1 aliphatic rings. The van der Waals surface area contributed by atoms with Crippen LogP contribution in [0, 0.1) is 5.92 Å². The Labute approximate surface area is 102 Å². The molecule has 2 nitrogen and oxygen atoms in total. The smallest absolute Gasteiger partial charge is 0.137 e. The lowest BCUT2D eigenvalue weighted by molar-refractivity contribution is 0.300. The Bertz CT molecular complexity index is 350. The molecule has 1 aromatic carbocycles. The molecule has 0 heterocycles. The van der Waals surface area contributed by atoms with Gasteiger partial charge in [0.25, 0.3) is 0 Å². The van der Waals surface area contributed by atoms with Crippen molar-refractivity contribution in [3.63, 3.8) is 0 Å². The largest absolute Gasteiger partial charge is 0.492 e. The molecule has 0 radical (unpaired) electrons. The Morgan fingerprint density at radius 2 is 2.25 bits per heavy atom. The zero-order valence-electron chi connectivity index (χ0n) is 9.63. The third-order valence-electron chi connectivity index (χ3n) is 2.75. The molecule has 0 aromatic heterocycles. The van der Waals surface area contributed by atoms with Gasteiger partial charge in [0.1, 0.15) is 5.75 Å². The molecule has 0 spiro atoms. The summed E-state index contributed by atoms with van der Waals surface area (Å²) in [6, 6.07) is 6.01. The predicted molar refractivity (Wildman–Crippen MR) is 67.1 cm³/mol. The Kier molecular flexibility index (Phi) is 4.08. The van der Waals surface area contributed by atoms with Crippen LogP contribution in [0.2, 0.25) is 5.02 Å². The summed E-state index contributed by atoms with van der Waals surface area (Å²) in [5, 5.41) is 3.99. The van der Waals surface area contributed by atoms with Gasteiger partial charge in [-0.1, -0.05) is 24.6 Å². The average molecular weight is 240 g/mol. The van der Waals surface area contributed by atoms with E-state index in [2.05, 4.69) is 18.3 Å². The van der Waals surface area contributed by atoms with Crippen molar-refractivity contribution in [2.75, 3.05) is 13.2 Å². The predicted octanol–water partition coefficient (Wildman–Crippen LogP) is 3.24. The second-order valence-electron chi connectivity index (χ2n) is 4.30. The van der Waals surface area contributed by atoms with Gasteiger partial charge in [-0.05, 0) is 43.0 Å². The topological polar surface area (TPSA) is 21.3 Å². The first kappa shape index (κ1) is 11.7. The molecule has 0 atom stereocenters. The van der Waals surface area contributed by atoms with Crippen molar-refractivity contribution in [3.05, 3.63) is 28.8 Å². The minimum absolute atomic E-state index is 0.719. The molecule has 0 amide bonds. The molecule has 1 aromatic rings. The van der Waals surface area contributed by atoms with Gasteiger partial charge >= 0.3 is 0 Å². The highest BCUT2D eigenvalue weighted by Crippen LogP contribution is 2.32. The molecular formula is C13H18ClNO. The summed E-state index contributed by atoms with van der Waals surface area (Å²) in [6.07, 6.45) is 2.60. The quantitative estimate of drug-likeness (QED) is 0.823. The lowest BCUT2D eigenvalue weighted by atomic mass is 10.2. The summed E-state index contributed by atoms with van der Waals surface area (Å²) < 4.78 is 5.67. The maximum atomic E-state index is 6.16. The van der Waals surface area contributed by atoms with E-state index >= 15 is 0 Å². The Balaban J connectivity index is 1.92. The first-order chi connectivity index (χ1) is 7.79. The van der Waals surface area contributed by atoms with E-state index in [1.807, 2.05) is 12.1 Å². The van der Waals surface area contributed by atoms with Crippen LogP contribution in [0.25, 0.3) is 0 Å². The van der Waals surface area contributed by atoms with Crippen LogP contribution in [0.3, 0.4) is 0 Å². The van der Waals surface area contributed by atoms with E-state index in [1.54, 1.807) is 0 Å². The van der Waals surface area contributed by atoms with E-state index in [1.165, 1.54) is 18.4 Å². The fraction of sp³-hybridized carbons (Fsp3) is 0.538. The molecule has 1 aliphatic carbocycles. The third kappa shape index (κ3) is 3.39. The third-order valence-corrected chi connectivity index (χ3v) is 3.04.